The third-order valence-electron chi connectivity index (χ3n) is 3.38. The van der Waals surface area contributed by atoms with Crippen LogP contribution < -0.4 is 21.1 Å². The second-order valence-corrected chi connectivity index (χ2v) is 5.73. The molecule has 0 radical (unpaired) electrons. The largest absolute Gasteiger partial charge is 0.493 e. The first-order chi connectivity index (χ1) is 11.8. The number of carbonyl (C=O) groups excluding carboxylic acids is 3. The van der Waals surface area contributed by atoms with Crippen molar-refractivity contribution in [2.24, 2.45) is 11.7 Å². The van der Waals surface area contributed by atoms with Crippen LogP contribution in [0.3, 0.4) is 0 Å². The Labute approximate surface area is 147 Å². The molecule has 0 unspecified atom stereocenters. The van der Waals surface area contributed by atoms with Crippen LogP contribution in [0.25, 0.3) is 0 Å². The zero-order valence-corrected chi connectivity index (χ0v) is 14.7. The molecule has 0 heterocycles. The number of amides is 2. The summed E-state index contributed by atoms with van der Waals surface area (Å²) in [6.07, 6.45) is 0.160. The Morgan fingerprint density at radius 1 is 1.16 bits per heavy atom. The van der Waals surface area contributed by atoms with E-state index in [0.29, 0.717) is 11.4 Å². The summed E-state index contributed by atoms with van der Waals surface area (Å²) >= 11 is 0. The predicted molar refractivity (Wildman–Crippen MR) is 93.0 cm³/mol. The molecule has 0 fully saturated rings. The first kappa shape index (κ1) is 20.4. The lowest BCUT2D eigenvalue weighted by Crippen LogP contribution is -2.46. The van der Waals surface area contributed by atoms with Gasteiger partial charge in [-0.25, -0.2) is 0 Å². The fourth-order valence-corrected chi connectivity index (χ4v) is 1.78. The van der Waals surface area contributed by atoms with Gasteiger partial charge in [-0.05, 0) is 30.2 Å². The van der Waals surface area contributed by atoms with Crippen LogP contribution in [0.4, 0.5) is 5.69 Å². The van der Waals surface area contributed by atoms with Gasteiger partial charge in [0.15, 0.2) is 0 Å². The van der Waals surface area contributed by atoms with Gasteiger partial charge in [-0.15, -0.1) is 0 Å². The van der Waals surface area contributed by atoms with E-state index in [-0.39, 0.29) is 43.3 Å². The van der Waals surface area contributed by atoms with Gasteiger partial charge in [-0.2, -0.15) is 0 Å². The molecule has 0 aliphatic heterocycles. The maximum atomic E-state index is 11.8. The van der Waals surface area contributed by atoms with Crippen molar-refractivity contribution >= 4 is 23.5 Å². The van der Waals surface area contributed by atoms with Crippen molar-refractivity contribution in [3.63, 3.8) is 0 Å². The van der Waals surface area contributed by atoms with Gasteiger partial charge in [-0.3, -0.25) is 14.4 Å². The van der Waals surface area contributed by atoms with E-state index in [1.54, 1.807) is 24.3 Å². The molecule has 0 saturated heterocycles. The molecule has 4 N–H and O–H groups in total. The lowest BCUT2D eigenvalue weighted by Gasteiger charge is -2.15. The van der Waals surface area contributed by atoms with Gasteiger partial charge in [0.2, 0.25) is 11.8 Å². The van der Waals surface area contributed by atoms with Crippen LogP contribution in [0.15, 0.2) is 24.3 Å². The van der Waals surface area contributed by atoms with Crippen molar-refractivity contribution in [1.29, 1.82) is 0 Å². The van der Waals surface area contributed by atoms with Gasteiger partial charge in [0.25, 0.3) is 0 Å². The van der Waals surface area contributed by atoms with Gasteiger partial charge in [0.05, 0.1) is 32.7 Å². The number of anilines is 1. The van der Waals surface area contributed by atoms with Crippen LogP contribution in [0, 0.1) is 5.92 Å². The van der Waals surface area contributed by atoms with Gasteiger partial charge in [0, 0.05) is 5.69 Å². The molecule has 25 heavy (non-hydrogen) atoms. The quantitative estimate of drug-likeness (QED) is 0.562. The third kappa shape index (κ3) is 7.67. The van der Waals surface area contributed by atoms with Crippen LogP contribution >= 0.6 is 0 Å². The molecule has 138 valence electrons. The van der Waals surface area contributed by atoms with E-state index in [2.05, 4.69) is 15.4 Å². The van der Waals surface area contributed by atoms with Crippen molar-refractivity contribution in [3.05, 3.63) is 24.3 Å². The van der Waals surface area contributed by atoms with Crippen molar-refractivity contribution in [2.45, 2.75) is 26.3 Å². The molecule has 1 aromatic rings. The van der Waals surface area contributed by atoms with Crippen molar-refractivity contribution in [3.8, 4) is 5.75 Å². The van der Waals surface area contributed by atoms with Gasteiger partial charge < -0.3 is 25.8 Å². The Morgan fingerprint density at radius 2 is 1.80 bits per heavy atom. The normalized spacial score (nSPS) is 11.6. The van der Waals surface area contributed by atoms with Gasteiger partial charge >= 0.3 is 5.97 Å². The minimum Gasteiger partial charge on any atom is -0.493 e. The molecule has 8 nitrogen and oxygen atoms in total. The molecule has 1 rings (SSSR count). The number of hydrogen-bond acceptors (Lipinski definition) is 6. The Hall–Kier alpha value is -2.61. The minimum absolute atomic E-state index is 0.00483. The lowest BCUT2D eigenvalue weighted by atomic mass is 10.1. The fraction of sp³-hybridized carbons (Fsp3) is 0.471. The standard InChI is InChI=1S/C17H25N3O5/c1-11(2)16(18)17(23)19-10-14(21)20-12-4-6-13(7-5-12)25-9-8-15(22)24-3/h4-7,11,16H,8-10,18H2,1-3H3,(H,19,23)(H,20,21)/t16-/m0/s1. The molecule has 0 aliphatic carbocycles. The third-order valence-corrected chi connectivity index (χ3v) is 3.38. The van der Waals surface area contributed by atoms with Crippen LogP contribution in [0.5, 0.6) is 5.75 Å². The highest BCUT2D eigenvalue weighted by Crippen LogP contribution is 2.15. The highest BCUT2D eigenvalue weighted by atomic mass is 16.5. The Balaban J connectivity index is 2.38. The van der Waals surface area contributed by atoms with Crippen LogP contribution in [0.1, 0.15) is 20.3 Å². The van der Waals surface area contributed by atoms with Crippen LogP contribution in [-0.2, 0) is 19.1 Å². The van der Waals surface area contributed by atoms with Crippen molar-refractivity contribution in [2.75, 3.05) is 25.6 Å². The number of carbonyl (C=O) groups is 3. The minimum atomic E-state index is -0.644. The number of nitrogens with two attached hydrogens (primary N) is 1. The summed E-state index contributed by atoms with van der Waals surface area (Å²) < 4.78 is 9.90. The molecule has 0 aromatic heterocycles. The fourth-order valence-electron chi connectivity index (χ4n) is 1.78. The highest BCUT2D eigenvalue weighted by Gasteiger charge is 2.17. The number of hydrogen-bond donors (Lipinski definition) is 3. The van der Waals surface area contributed by atoms with E-state index < -0.39 is 6.04 Å². The summed E-state index contributed by atoms with van der Waals surface area (Å²) in [5.41, 5.74) is 6.26. The van der Waals surface area contributed by atoms with Crippen molar-refractivity contribution < 1.29 is 23.9 Å². The molecule has 8 heteroatoms. The Morgan fingerprint density at radius 3 is 2.36 bits per heavy atom. The molecular formula is C17H25N3O5. The van der Waals surface area contributed by atoms with Crippen LogP contribution in [-0.4, -0.2) is 44.1 Å². The van der Waals surface area contributed by atoms with Crippen molar-refractivity contribution in [1.82, 2.24) is 5.32 Å². The number of rotatable bonds is 9. The second kappa shape index (κ2) is 10.3. The van der Waals surface area contributed by atoms with Gasteiger partial charge in [0.1, 0.15) is 5.75 Å². The molecule has 0 spiro atoms. The maximum Gasteiger partial charge on any atom is 0.308 e. The second-order valence-electron chi connectivity index (χ2n) is 5.73. The zero-order valence-electron chi connectivity index (χ0n) is 14.7. The smallest absolute Gasteiger partial charge is 0.308 e. The highest BCUT2D eigenvalue weighted by molar-refractivity contribution is 5.95. The van der Waals surface area contributed by atoms with Crippen LogP contribution in [0.2, 0.25) is 0 Å². The molecule has 2 amide bonds. The molecule has 0 saturated carbocycles. The summed E-state index contributed by atoms with van der Waals surface area (Å²) in [6, 6.07) is 6.01. The molecular weight excluding hydrogens is 326 g/mol. The van der Waals surface area contributed by atoms with E-state index in [0.717, 1.165) is 0 Å². The lowest BCUT2D eigenvalue weighted by molar-refractivity contribution is -0.141. The van der Waals surface area contributed by atoms with E-state index in [4.69, 9.17) is 10.5 Å². The topological polar surface area (TPSA) is 120 Å². The number of ether oxygens (including phenoxy) is 2. The summed E-state index contributed by atoms with van der Waals surface area (Å²) in [5, 5.41) is 5.15. The molecule has 1 atom stereocenters. The zero-order chi connectivity index (χ0) is 18.8. The molecule has 1 aromatic carbocycles. The molecule has 0 aliphatic rings. The number of benzene rings is 1. The summed E-state index contributed by atoms with van der Waals surface area (Å²) in [6.45, 7) is 3.72. The van der Waals surface area contributed by atoms with E-state index >= 15 is 0 Å². The Bertz CT molecular complexity index is 586. The number of methoxy groups -OCH3 is 1. The Kier molecular flexibility index (Phi) is 8.42. The summed E-state index contributed by atoms with van der Waals surface area (Å²) in [4.78, 5) is 34.5. The predicted octanol–water partition coefficient (Wildman–Crippen LogP) is 0.667. The first-order valence-electron chi connectivity index (χ1n) is 7.96. The summed E-state index contributed by atoms with van der Waals surface area (Å²) in [7, 11) is 1.32. The SMILES string of the molecule is COC(=O)CCOc1ccc(NC(=O)CNC(=O)[C@@H](N)C(C)C)cc1. The molecule has 0 bridgehead atoms. The number of nitrogens with one attached hydrogen (secondary N) is 2. The van der Waals surface area contributed by atoms with Gasteiger partial charge in [-0.1, -0.05) is 13.8 Å². The van der Waals surface area contributed by atoms with E-state index in [1.807, 2.05) is 13.8 Å². The number of esters is 1. The maximum absolute atomic E-state index is 11.8. The average Bonchev–Trinajstić information content (AvgIpc) is 2.60. The van der Waals surface area contributed by atoms with E-state index in [9.17, 15) is 14.4 Å². The summed E-state index contributed by atoms with van der Waals surface area (Å²) in [5.74, 6) is -0.501. The van der Waals surface area contributed by atoms with E-state index in [1.165, 1.54) is 7.11 Å². The average molecular weight is 351 g/mol. The monoisotopic (exact) mass is 351 g/mol. The first-order valence-corrected chi connectivity index (χ1v) is 7.96.